The van der Waals surface area contributed by atoms with Crippen molar-refractivity contribution in [3.8, 4) is 11.1 Å². The number of aromatic nitrogens is 2. The number of H-pyrrole nitrogens is 1. The van der Waals surface area contributed by atoms with E-state index in [0.29, 0.717) is 21.8 Å². The summed E-state index contributed by atoms with van der Waals surface area (Å²) >= 11 is 2.73. The molecular formula is C24H23N3O2S2. The van der Waals surface area contributed by atoms with E-state index in [9.17, 15) is 9.59 Å². The lowest BCUT2D eigenvalue weighted by atomic mass is 10.1. The van der Waals surface area contributed by atoms with Crippen LogP contribution >= 0.6 is 23.1 Å². The normalized spacial score (nSPS) is 12.1. The Hall–Kier alpha value is -2.90. The van der Waals surface area contributed by atoms with Crippen LogP contribution in [0.1, 0.15) is 24.5 Å². The van der Waals surface area contributed by atoms with Gasteiger partial charge in [0.2, 0.25) is 5.91 Å². The highest BCUT2D eigenvalue weighted by Crippen LogP contribution is 2.32. The third-order valence-electron chi connectivity index (χ3n) is 4.91. The van der Waals surface area contributed by atoms with Gasteiger partial charge in [-0.25, -0.2) is 4.98 Å². The minimum Gasteiger partial charge on any atom is -0.325 e. The highest BCUT2D eigenvalue weighted by Gasteiger charge is 2.21. The van der Waals surface area contributed by atoms with E-state index in [-0.39, 0.29) is 16.7 Å². The zero-order chi connectivity index (χ0) is 22.0. The molecule has 0 aliphatic heterocycles. The second-order valence-corrected chi connectivity index (χ2v) is 9.50. The molecule has 158 valence electrons. The molecule has 7 heteroatoms. The van der Waals surface area contributed by atoms with Gasteiger partial charge in [-0.15, -0.1) is 11.3 Å². The minimum absolute atomic E-state index is 0.101. The Balaban J connectivity index is 1.58. The number of nitrogens with one attached hydrogen (secondary N) is 2. The second-order valence-electron chi connectivity index (χ2n) is 7.45. The summed E-state index contributed by atoms with van der Waals surface area (Å²) in [6, 6.07) is 15.8. The molecule has 0 aliphatic carbocycles. The molecule has 4 rings (SSSR count). The summed E-state index contributed by atoms with van der Waals surface area (Å²) in [4.78, 5) is 33.9. The number of nitrogens with zero attached hydrogens (tertiary/aromatic N) is 1. The molecule has 0 radical (unpaired) electrons. The minimum atomic E-state index is -0.366. The van der Waals surface area contributed by atoms with Crippen LogP contribution in [0.5, 0.6) is 0 Å². The van der Waals surface area contributed by atoms with E-state index in [0.717, 1.165) is 27.9 Å². The maximum atomic E-state index is 12.9. The highest BCUT2D eigenvalue weighted by molar-refractivity contribution is 8.00. The first-order chi connectivity index (χ1) is 14.9. The summed E-state index contributed by atoms with van der Waals surface area (Å²) in [5, 5.41) is 5.64. The van der Waals surface area contributed by atoms with E-state index in [1.54, 1.807) is 0 Å². The molecule has 1 unspecified atom stereocenters. The van der Waals surface area contributed by atoms with Crippen LogP contribution in [0.15, 0.2) is 63.9 Å². The third-order valence-corrected chi connectivity index (χ3v) is 7.03. The average molecular weight is 450 g/mol. The fraction of sp³-hybridized carbons (Fsp3) is 0.208. The SMILES string of the molecule is CCC(Sc1nc2scc(-c3ccccc3)c2c(=O)[nH]1)C(=O)Nc1cc(C)cc(C)c1. The average Bonchev–Trinajstić information content (AvgIpc) is 3.16. The Kier molecular flexibility index (Phi) is 6.25. The van der Waals surface area contributed by atoms with Crippen molar-refractivity contribution in [1.29, 1.82) is 0 Å². The molecule has 1 atom stereocenters. The highest BCUT2D eigenvalue weighted by atomic mass is 32.2. The zero-order valence-corrected chi connectivity index (χ0v) is 19.2. The van der Waals surface area contributed by atoms with Crippen molar-refractivity contribution in [2.24, 2.45) is 0 Å². The largest absolute Gasteiger partial charge is 0.325 e. The summed E-state index contributed by atoms with van der Waals surface area (Å²) in [6.07, 6.45) is 0.614. The van der Waals surface area contributed by atoms with Crippen LogP contribution in [0, 0.1) is 13.8 Å². The van der Waals surface area contributed by atoms with Gasteiger partial charge in [-0.2, -0.15) is 0 Å². The standard InChI is InChI=1S/C24H23N3O2S2/c1-4-19(21(28)25-17-11-14(2)10-15(3)12-17)31-24-26-22(29)20-18(13-30-23(20)27-24)16-8-6-5-7-9-16/h5-13,19H,4H2,1-3H3,(H,25,28)(H,26,27,29). The molecule has 0 fully saturated rings. The summed E-state index contributed by atoms with van der Waals surface area (Å²) in [7, 11) is 0. The number of carbonyl (C=O) groups is 1. The van der Waals surface area contributed by atoms with E-state index in [1.807, 2.05) is 68.6 Å². The fourth-order valence-corrected chi connectivity index (χ4v) is 5.45. The molecule has 2 N–H and O–H groups in total. The molecule has 0 saturated heterocycles. The van der Waals surface area contributed by atoms with E-state index >= 15 is 0 Å². The molecule has 0 saturated carbocycles. The first kappa shape index (κ1) is 21.3. The van der Waals surface area contributed by atoms with Crippen LogP contribution in [-0.4, -0.2) is 21.1 Å². The number of amides is 1. The molecule has 5 nitrogen and oxygen atoms in total. The molecule has 0 aliphatic rings. The lowest BCUT2D eigenvalue weighted by Crippen LogP contribution is -2.25. The number of thioether (sulfide) groups is 1. The number of anilines is 1. The smallest absolute Gasteiger partial charge is 0.260 e. The number of carbonyl (C=O) groups excluding carboxylic acids is 1. The Morgan fingerprint density at radius 1 is 1.16 bits per heavy atom. The van der Waals surface area contributed by atoms with Crippen LogP contribution in [0.25, 0.3) is 21.3 Å². The number of aromatic amines is 1. The van der Waals surface area contributed by atoms with Crippen molar-refractivity contribution >= 4 is 44.9 Å². The van der Waals surface area contributed by atoms with Crippen molar-refractivity contribution in [2.75, 3.05) is 5.32 Å². The van der Waals surface area contributed by atoms with Crippen LogP contribution in [0.3, 0.4) is 0 Å². The molecule has 0 spiro atoms. The molecular weight excluding hydrogens is 426 g/mol. The quantitative estimate of drug-likeness (QED) is 0.289. The monoisotopic (exact) mass is 449 g/mol. The summed E-state index contributed by atoms with van der Waals surface area (Å²) < 4.78 is 0. The number of thiophene rings is 1. The Labute approximate surface area is 188 Å². The van der Waals surface area contributed by atoms with Gasteiger partial charge >= 0.3 is 0 Å². The fourth-order valence-electron chi connectivity index (χ4n) is 3.54. The maximum Gasteiger partial charge on any atom is 0.260 e. The zero-order valence-electron chi connectivity index (χ0n) is 17.6. The number of hydrogen-bond acceptors (Lipinski definition) is 5. The molecule has 1 amide bonds. The van der Waals surface area contributed by atoms with Crippen LogP contribution < -0.4 is 10.9 Å². The van der Waals surface area contributed by atoms with Crippen LogP contribution in [-0.2, 0) is 4.79 Å². The van der Waals surface area contributed by atoms with Gasteiger partial charge in [-0.3, -0.25) is 9.59 Å². The van der Waals surface area contributed by atoms with Crippen molar-refractivity contribution in [1.82, 2.24) is 9.97 Å². The molecule has 2 heterocycles. The van der Waals surface area contributed by atoms with Crippen molar-refractivity contribution < 1.29 is 4.79 Å². The topological polar surface area (TPSA) is 74.8 Å². The first-order valence-corrected chi connectivity index (χ1v) is 11.8. The lowest BCUT2D eigenvalue weighted by molar-refractivity contribution is -0.115. The Morgan fingerprint density at radius 3 is 2.55 bits per heavy atom. The lowest BCUT2D eigenvalue weighted by Gasteiger charge is -2.15. The first-order valence-electron chi connectivity index (χ1n) is 10.1. The van der Waals surface area contributed by atoms with E-state index < -0.39 is 0 Å². The number of aryl methyl sites for hydroxylation is 2. The number of fused-ring (bicyclic) bond motifs is 1. The number of benzene rings is 2. The van der Waals surface area contributed by atoms with Crippen LogP contribution in [0.2, 0.25) is 0 Å². The van der Waals surface area contributed by atoms with Crippen molar-refractivity contribution in [3.05, 3.63) is 75.4 Å². The summed E-state index contributed by atoms with van der Waals surface area (Å²) in [5.41, 5.74) is 4.66. The van der Waals surface area contributed by atoms with Crippen LogP contribution in [0.4, 0.5) is 5.69 Å². The number of hydrogen-bond donors (Lipinski definition) is 2. The maximum absolute atomic E-state index is 12.9. The molecule has 0 bridgehead atoms. The summed E-state index contributed by atoms with van der Waals surface area (Å²) in [6.45, 7) is 5.96. The van der Waals surface area contributed by atoms with Gasteiger partial charge in [-0.1, -0.05) is 55.1 Å². The van der Waals surface area contributed by atoms with Gasteiger partial charge in [0.25, 0.3) is 5.56 Å². The van der Waals surface area contributed by atoms with Crippen molar-refractivity contribution in [2.45, 2.75) is 37.6 Å². The van der Waals surface area contributed by atoms with Crippen molar-refractivity contribution in [3.63, 3.8) is 0 Å². The van der Waals surface area contributed by atoms with Gasteiger partial charge in [0.1, 0.15) is 4.83 Å². The van der Waals surface area contributed by atoms with Gasteiger partial charge < -0.3 is 10.3 Å². The van der Waals surface area contributed by atoms with Gasteiger partial charge in [0.05, 0.1) is 10.6 Å². The third kappa shape index (κ3) is 4.73. The molecule has 31 heavy (non-hydrogen) atoms. The number of rotatable bonds is 6. The van der Waals surface area contributed by atoms with E-state index in [4.69, 9.17) is 0 Å². The molecule has 2 aromatic carbocycles. The predicted molar refractivity (Wildman–Crippen MR) is 130 cm³/mol. The second kappa shape index (κ2) is 9.08. The predicted octanol–water partition coefficient (Wildman–Crippen LogP) is 5.78. The summed E-state index contributed by atoms with van der Waals surface area (Å²) in [5.74, 6) is -0.101. The van der Waals surface area contributed by atoms with E-state index in [1.165, 1.54) is 23.1 Å². The van der Waals surface area contributed by atoms with E-state index in [2.05, 4.69) is 21.4 Å². The van der Waals surface area contributed by atoms with Gasteiger partial charge in [-0.05, 0) is 49.1 Å². The Bertz CT molecular complexity index is 1280. The molecule has 4 aromatic rings. The Morgan fingerprint density at radius 2 is 1.87 bits per heavy atom. The van der Waals surface area contributed by atoms with Gasteiger partial charge in [0.15, 0.2) is 5.16 Å². The van der Waals surface area contributed by atoms with Gasteiger partial charge in [0, 0.05) is 16.6 Å². The molecule has 2 aromatic heterocycles.